The van der Waals surface area contributed by atoms with Gasteiger partial charge < -0.3 is 0 Å². The molecule has 0 nitrogen and oxygen atoms in total. The summed E-state index contributed by atoms with van der Waals surface area (Å²) in [5, 5.41) is 0.876. The normalized spacial score (nSPS) is 25.8. The lowest BCUT2D eigenvalue weighted by Gasteiger charge is -2.14. The van der Waals surface area contributed by atoms with E-state index in [1.54, 1.807) is 0 Å². The van der Waals surface area contributed by atoms with Gasteiger partial charge >= 0.3 is 0 Å². The van der Waals surface area contributed by atoms with Crippen molar-refractivity contribution >= 4 is 55.2 Å². The van der Waals surface area contributed by atoms with Gasteiger partial charge in [0.2, 0.25) is 0 Å². The molecule has 2 unspecified atom stereocenters. The summed E-state index contributed by atoms with van der Waals surface area (Å²) < 4.78 is 1.05. The fourth-order valence-electron chi connectivity index (χ4n) is 1.73. The van der Waals surface area contributed by atoms with E-state index < -0.39 is 0 Å². The van der Waals surface area contributed by atoms with E-state index in [0.29, 0.717) is 10.7 Å². The Bertz CT molecular complexity index is 356. The summed E-state index contributed by atoms with van der Waals surface area (Å²) in [5.74, 6) is 3.18. The minimum atomic E-state index is 0.641. The SMILES string of the molecule is Clc1cc(Br)ccc1CC1CSCC1Br. The second-order valence-corrected chi connectivity index (χ2v) is 7.33. The number of rotatable bonds is 2. The second kappa shape index (κ2) is 5.44. The first kappa shape index (κ1) is 12.3. The van der Waals surface area contributed by atoms with Crippen LogP contribution in [0.3, 0.4) is 0 Å². The lowest BCUT2D eigenvalue weighted by molar-refractivity contribution is 0.616. The lowest BCUT2D eigenvalue weighted by Crippen LogP contribution is -2.14. The van der Waals surface area contributed by atoms with Crippen LogP contribution in [0.15, 0.2) is 22.7 Å². The highest BCUT2D eigenvalue weighted by Gasteiger charge is 2.25. The highest BCUT2D eigenvalue weighted by Crippen LogP contribution is 2.34. The minimum Gasteiger partial charge on any atom is -0.160 e. The number of halogens is 3. The van der Waals surface area contributed by atoms with E-state index in [9.17, 15) is 0 Å². The highest BCUT2D eigenvalue weighted by molar-refractivity contribution is 9.10. The molecule has 0 saturated carbocycles. The third kappa shape index (κ3) is 3.15. The third-order valence-corrected chi connectivity index (χ3v) is 6.22. The fourth-order valence-corrected chi connectivity index (χ4v) is 4.95. The maximum atomic E-state index is 6.20. The number of thioether (sulfide) groups is 1. The van der Waals surface area contributed by atoms with Crippen molar-refractivity contribution in [2.45, 2.75) is 11.2 Å². The van der Waals surface area contributed by atoms with Crippen LogP contribution in [0.4, 0.5) is 0 Å². The molecule has 0 radical (unpaired) electrons. The molecule has 0 spiro atoms. The zero-order valence-corrected chi connectivity index (χ0v) is 12.8. The van der Waals surface area contributed by atoms with Gasteiger partial charge in [-0.25, -0.2) is 0 Å². The topological polar surface area (TPSA) is 0 Å². The summed E-state index contributed by atoms with van der Waals surface area (Å²) in [6, 6.07) is 6.16. The maximum absolute atomic E-state index is 6.20. The number of hydrogen-bond donors (Lipinski definition) is 0. The first-order chi connectivity index (χ1) is 7.16. The molecule has 0 bridgehead atoms. The number of alkyl halides is 1. The molecule has 0 amide bonds. The highest BCUT2D eigenvalue weighted by atomic mass is 79.9. The van der Waals surface area contributed by atoms with Gasteiger partial charge in [-0.1, -0.05) is 49.5 Å². The Morgan fingerprint density at radius 2 is 2.20 bits per heavy atom. The van der Waals surface area contributed by atoms with Crippen molar-refractivity contribution in [3.05, 3.63) is 33.3 Å². The van der Waals surface area contributed by atoms with Crippen molar-refractivity contribution in [2.75, 3.05) is 11.5 Å². The van der Waals surface area contributed by atoms with Crippen LogP contribution in [0.2, 0.25) is 5.02 Å². The van der Waals surface area contributed by atoms with Gasteiger partial charge in [0.1, 0.15) is 0 Å². The van der Waals surface area contributed by atoms with Crippen LogP contribution >= 0.6 is 55.2 Å². The lowest BCUT2D eigenvalue weighted by atomic mass is 9.99. The summed E-state index contributed by atoms with van der Waals surface area (Å²) in [6.07, 6.45) is 1.08. The Morgan fingerprint density at radius 1 is 1.40 bits per heavy atom. The van der Waals surface area contributed by atoms with Crippen LogP contribution in [0.5, 0.6) is 0 Å². The fraction of sp³-hybridized carbons (Fsp3) is 0.455. The maximum Gasteiger partial charge on any atom is 0.0449 e. The van der Waals surface area contributed by atoms with E-state index in [2.05, 4.69) is 44.0 Å². The summed E-state index contributed by atoms with van der Waals surface area (Å²) in [5.41, 5.74) is 1.26. The van der Waals surface area contributed by atoms with Crippen molar-refractivity contribution < 1.29 is 0 Å². The van der Waals surface area contributed by atoms with Crippen LogP contribution in [-0.2, 0) is 6.42 Å². The van der Waals surface area contributed by atoms with Crippen molar-refractivity contribution in [1.82, 2.24) is 0 Å². The molecule has 1 fully saturated rings. The van der Waals surface area contributed by atoms with Gasteiger partial charge in [0, 0.05) is 20.1 Å². The molecule has 2 rings (SSSR count). The van der Waals surface area contributed by atoms with Crippen LogP contribution in [0, 0.1) is 5.92 Å². The zero-order valence-electron chi connectivity index (χ0n) is 8.05. The van der Waals surface area contributed by atoms with Crippen LogP contribution in [-0.4, -0.2) is 16.3 Å². The van der Waals surface area contributed by atoms with E-state index in [4.69, 9.17) is 11.6 Å². The molecule has 1 aromatic carbocycles. The molecule has 1 aromatic rings. The molecule has 1 heterocycles. The van der Waals surface area contributed by atoms with Gasteiger partial charge in [0.25, 0.3) is 0 Å². The van der Waals surface area contributed by atoms with E-state index in [-0.39, 0.29) is 0 Å². The predicted octanol–water partition coefficient (Wildman–Crippen LogP) is 4.77. The van der Waals surface area contributed by atoms with Crippen LogP contribution in [0.25, 0.3) is 0 Å². The monoisotopic (exact) mass is 368 g/mol. The Balaban J connectivity index is 2.10. The van der Waals surface area contributed by atoms with Gasteiger partial charge in [-0.05, 0) is 35.8 Å². The molecule has 0 aromatic heterocycles. The van der Waals surface area contributed by atoms with E-state index in [1.807, 2.05) is 17.8 Å². The Morgan fingerprint density at radius 3 is 2.80 bits per heavy atom. The van der Waals surface area contributed by atoms with E-state index in [1.165, 1.54) is 17.1 Å². The Hall–Kier alpha value is 0.820. The zero-order chi connectivity index (χ0) is 10.8. The molecule has 1 aliphatic rings. The molecular weight excluding hydrogens is 359 g/mol. The van der Waals surface area contributed by atoms with E-state index >= 15 is 0 Å². The Kier molecular flexibility index (Phi) is 4.45. The molecule has 1 saturated heterocycles. The van der Waals surface area contributed by atoms with Gasteiger partial charge in [-0.2, -0.15) is 11.8 Å². The standard InChI is InChI=1S/C11H11Br2ClS/c12-9-2-1-7(11(14)4-9)3-8-5-15-6-10(8)13/h1-2,4,8,10H,3,5-6H2. The van der Waals surface area contributed by atoms with Gasteiger partial charge in [0.05, 0.1) is 0 Å². The molecule has 1 aliphatic heterocycles. The first-order valence-electron chi connectivity index (χ1n) is 4.82. The van der Waals surface area contributed by atoms with Gasteiger partial charge in [-0.15, -0.1) is 0 Å². The summed E-state index contributed by atoms with van der Waals surface area (Å²) in [6.45, 7) is 0. The van der Waals surface area contributed by atoms with Crippen molar-refractivity contribution in [2.24, 2.45) is 5.92 Å². The molecule has 2 atom stereocenters. The van der Waals surface area contributed by atoms with Gasteiger partial charge in [-0.3, -0.25) is 0 Å². The third-order valence-electron chi connectivity index (χ3n) is 2.62. The minimum absolute atomic E-state index is 0.641. The molecule has 4 heteroatoms. The molecular formula is C11H11Br2ClS. The largest absolute Gasteiger partial charge is 0.160 e. The second-order valence-electron chi connectivity index (χ2n) is 3.75. The molecule has 82 valence electrons. The summed E-state index contributed by atoms with van der Waals surface area (Å²) in [4.78, 5) is 0.641. The summed E-state index contributed by atoms with van der Waals surface area (Å²) in [7, 11) is 0. The van der Waals surface area contributed by atoms with Crippen molar-refractivity contribution in [3.8, 4) is 0 Å². The average Bonchev–Trinajstić information content (AvgIpc) is 2.57. The smallest absolute Gasteiger partial charge is 0.0449 e. The molecule has 15 heavy (non-hydrogen) atoms. The number of hydrogen-bond acceptors (Lipinski definition) is 1. The number of benzene rings is 1. The predicted molar refractivity (Wildman–Crippen MR) is 76.4 cm³/mol. The van der Waals surface area contributed by atoms with E-state index in [0.717, 1.165) is 15.9 Å². The Labute approximate surface area is 116 Å². The van der Waals surface area contributed by atoms with Gasteiger partial charge in [0.15, 0.2) is 0 Å². The van der Waals surface area contributed by atoms with Crippen LogP contribution < -0.4 is 0 Å². The average molecular weight is 371 g/mol. The van der Waals surface area contributed by atoms with Crippen molar-refractivity contribution in [3.63, 3.8) is 0 Å². The van der Waals surface area contributed by atoms with Crippen LogP contribution in [0.1, 0.15) is 5.56 Å². The molecule has 0 N–H and O–H groups in total. The first-order valence-corrected chi connectivity index (χ1v) is 8.06. The van der Waals surface area contributed by atoms with Crippen molar-refractivity contribution in [1.29, 1.82) is 0 Å². The quantitative estimate of drug-likeness (QED) is 0.676. The summed E-state index contributed by atoms with van der Waals surface area (Å²) >= 11 is 15.4. The molecule has 0 aliphatic carbocycles.